The van der Waals surface area contributed by atoms with Crippen LogP contribution in [0.1, 0.15) is 0 Å². The maximum atomic E-state index is 6.04. The molecule has 0 aliphatic rings. The molecule has 0 saturated carbocycles. The van der Waals surface area contributed by atoms with Crippen LogP contribution in [-0.4, -0.2) is 14.8 Å². The third kappa shape index (κ3) is 1.54. The first kappa shape index (κ1) is 9.84. The summed E-state index contributed by atoms with van der Waals surface area (Å²) in [5.41, 5.74) is 9.50. The second-order valence-electron chi connectivity index (χ2n) is 3.95. The number of nitrogens with zero attached hydrogens (tertiary/aromatic N) is 3. The fourth-order valence-corrected chi connectivity index (χ4v) is 1.96. The van der Waals surface area contributed by atoms with Gasteiger partial charge in [-0.2, -0.15) is 5.10 Å². The van der Waals surface area contributed by atoms with Crippen LogP contribution in [0.15, 0.2) is 42.6 Å². The SMILES string of the molecule is Cn1nccc1-c1cc(N)c2ccccc2n1. The van der Waals surface area contributed by atoms with Crippen molar-refractivity contribution < 1.29 is 0 Å². The fraction of sp³-hybridized carbons (Fsp3) is 0.0769. The van der Waals surface area contributed by atoms with Gasteiger partial charge < -0.3 is 5.73 Å². The summed E-state index contributed by atoms with van der Waals surface area (Å²) in [5.74, 6) is 0. The lowest BCUT2D eigenvalue weighted by Gasteiger charge is -2.06. The molecule has 0 spiro atoms. The second-order valence-corrected chi connectivity index (χ2v) is 3.95. The summed E-state index contributed by atoms with van der Waals surface area (Å²) in [6.45, 7) is 0. The van der Waals surface area contributed by atoms with Crippen molar-refractivity contribution in [3.05, 3.63) is 42.6 Å². The number of anilines is 1. The number of hydrogen-bond acceptors (Lipinski definition) is 3. The Morgan fingerprint density at radius 2 is 2.00 bits per heavy atom. The Labute approximate surface area is 98.7 Å². The molecule has 0 aliphatic heterocycles. The van der Waals surface area contributed by atoms with Crippen molar-refractivity contribution >= 4 is 16.6 Å². The maximum absolute atomic E-state index is 6.04. The molecule has 84 valence electrons. The molecule has 0 saturated heterocycles. The smallest absolute Gasteiger partial charge is 0.0911 e. The number of benzene rings is 1. The Hall–Kier alpha value is -2.36. The number of aromatic nitrogens is 3. The number of pyridine rings is 1. The van der Waals surface area contributed by atoms with E-state index >= 15 is 0 Å². The highest BCUT2D eigenvalue weighted by Crippen LogP contribution is 2.25. The Morgan fingerprint density at radius 1 is 1.18 bits per heavy atom. The van der Waals surface area contributed by atoms with E-state index < -0.39 is 0 Å². The average molecular weight is 224 g/mol. The van der Waals surface area contributed by atoms with Crippen LogP contribution >= 0.6 is 0 Å². The van der Waals surface area contributed by atoms with Gasteiger partial charge in [-0.05, 0) is 18.2 Å². The molecule has 0 bridgehead atoms. The molecule has 0 fully saturated rings. The highest BCUT2D eigenvalue weighted by Gasteiger charge is 2.07. The quantitative estimate of drug-likeness (QED) is 0.689. The highest BCUT2D eigenvalue weighted by atomic mass is 15.3. The minimum Gasteiger partial charge on any atom is -0.398 e. The molecule has 0 radical (unpaired) electrons. The molecular weight excluding hydrogens is 212 g/mol. The Balaban J connectivity index is 2.29. The third-order valence-corrected chi connectivity index (χ3v) is 2.83. The number of aryl methyl sites for hydroxylation is 1. The lowest BCUT2D eigenvalue weighted by molar-refractivity contribution is 0.774. The number of para-hydroxylation sites is 1. The topological polar surface area (TPSA) is 56.7 Å². The van der Waals surface area contributed by atoms with Crippen molar-refractivity contribution in [3.63, 3.8) is 0 Å². The molecule has 0 unspecified atom stereocenters. The molecule has 3 rings (SSSR count). The molecule has 4 nitrogen and oxygen atoms in total. The Bertz CT molecular complexity index is 685. The van der Waals surface area contributed by atoms with E-state index in [1.165, 1.54) is 0 Å². The van der Waals surface area contributed by atoms with Crippen LogP contribution in [0, 0.1) is 0 Å². The number of nitrogens with two attached hydrogens (primary N) is 1. The van der Waals surface area contributed by atoms with E-state index in [4.69, 9.17) is 5.73 Å². The summed E-state index contributed by atoms with van der Waals surface area (Å²) in [7, 11) is 1.89. The first-order chi connectivity index (χ1) is 8.25. The van der Waals surface area contributed by atoms with Crippen LogP contribution in [0.25, 0.3) is 22.3 Å². The lowest BCUT2D eigenvalue weighted by Crippen LogP contribution is -1.97. The van der Waals surface area contributed by atoms with E-state index in [0.29, 0.717) is 0 Å². The van der Waals surface area contributed by atoms with Gasteiger partial charge in [0.2, 0.25) is 0 Å². The highest BCUT2D eigenvalue weighted by molar-refractivity contribution is 5.92. The Kier molecular flexibility index (Phi) is 2.08. The summed E-state index contributed by atoms with van der Waals surface area (Å²) in [4.78, 5) is 4.60. The van der Waals surface area contributed by atoms with E-state index in [9.17, 15) is 0 Å². The molecule has 1 aromatic carbocycles. The van der Waals surface area contributed by atoms with Gasteiger partial charge in [0.1, 0.15) is 0 Å². The molecule has 0 amide bonds. The van der Waals surface area contributed by atoms with Crippen molar-refractivity contribution in [2.24, 2.45) is 7.05 Å². The molecule has 2 N–H and O–H groups in total. The van der Waals surface area contributed by atoms with Gasteiger partial charge >= 0.3 is 0 Å². The molecule has 0 aliphatic carbocycles. The molecule has 3 aromatic rings. The molecule has 17 heavy (non-hydrogen) atoms. The van der Waals surface area contributed by atoms with Gasteiger partial charge in [-0.25, -0.2) is 4.98 Å². The summed E-state index contributed by atoms with van der Waals surface area (Å²) in [6.07, 6.45) is 1.75. The number of hydrogen-bond donors (Lipinski definition) is 1. The second kappa shape index (κ2) is 3.59. The lowest BCUT2D eigenvalue weighted by atomic mass is 10.1. The van der Waals surface area contributed by atoms with Gasteiger partial charge in [-0.1, -0.05) is 18.2 Å². The molecule has 0 atom stereocenters. The van der Waals surface area contributed by atoms with Crippen molar-refractivity contribution in [3.8, 4) is 11.4 Å². The number of rotatable bonds is 1. The van der Waals surface area contributed by atoms with Crippen molar-refractivity contribution in [1.29, 1.82) is 0 Å². The maximum Gasteiger partial charge on any atom is 0.0911 e. The predicted octanol–water partition coefficient (Wildman–Crippen LogP) is 2.22. The van der Waals surface area contributed by atoms with E-state index in [1.807, 2.05) is 43.4 Å². The van der Waals surface area contributed by atoms with E-state index in [-0.39, 0.29) is 0 Å². The zero-order valence-electron chi connectivity index (χ0n) is 9.46. The van der Waals surface area contributed by atoms with Crippen LogP contribution in [-0.2, 0) is 7.05 Å². The van der Waals surface area contributed by atoms with Gasteiger partial charge in [-0.15, -0.1) is 0 Å². The summed E-state index contributed by atoms with van der Waals surface area (Å²) >= 11 is 0. The minimum atomic E-state index is 0.742. The van der Waals surface area contributed by atoms with Crippen molar-refractivity contribution in [2.75, 3.05) is 5.73 Å². The van der Waals surface area contributed by atoms with Gasteiger partial charge in [0.25, 0.3) is 0 Å². The normalized spacial score (nSPS) is 10.9. The van der Waals surface area contributed by atoms with Crippen LogP contribution in [0.2, 0.25) is 0 Å². The molecule has 2 heterocycles. The van der Waals surface area contributed by atoms with Crippen LogP contribution < -0.4 is 5.73 Å². The van der Waals surface area contributed by atoms with Crippen LogP contribution in [0.5, 0.6) is 0 Å². The summed E-state index contributed by atoms with van der Waals surface area (Å²) in [5, 5.41) is 5.12. The largest absolute Gasteiger partial charge is 0.398 e. The third-order valence-electron chi connectivity index (χ3n) is 2.83. The molecule has 4 heteroatoms. The van der Waals surface area contributed by atoms with Gasteiger partial charge in [0, 0.05) is 24.3 Å². The molecule has 2 aromatic heterocycles. The summed E-state index contributed by atoms with van der Waals surface area (Å²) in [6, 6.07) is 11.7. The Morgan fingerprint density at radius 3 is 2.76 bits per heavy atom. The van der Waals surface area contributed by atoms with Crippen molar-refractivity contribution in [1.82, 2.24) is 14.8 Å². The van der Waals surface area contributed by atoms with E-state index in [2.05, 4.69) is 10.1 Å². The van der Waals surface area contributed by atoms with E-state index in [1.54, 1.807) is 10.9 Å². The first-order valence-corrected chi connectivity index (χ1v) is 5.39. The zero-order chi connectivity index (χ0) is 11.8. The van der Waals surface area contributed by atoms with Crippen molar-refractivity contribution in [2.45, 2.75) is 0 Å². The predicted molar refractivity (Wildman–Crippen MR) is 68.4 cm³/mol. The zero-order valence-corrected chi connectivity index (χ0v) is 9.46. The van der Waals surface area contributed by atoms with Gasteiger partial charge in [-0.3, -0.25) is 4.68 Å². The van der Waals surface area contributed by atoms with Crippen LogP contribution in [0.3, 0.4) is 0 Å². The minimum absolute atomic E-state index is 0.742. The average Bonchev–Trinajstić information content (AvgIpc) is 2.75. The number of fused-ring (bicyclic) bond motifs is 1. The van der Waals surface area contributed by atoms with Gasteiger partial charge in [0.05, 0.1) is 16.9 Å². The van der Waals surface area contributed by atoms with Crippen LogP contribution in [0.4, 0.5) is 5.69 Å². The summed E-state index contributed by atoms with van der Waals surface area (Å²) < 4.78 is 1.79. The first-order valence-electron chi connectivity index (χ1n) is 5.39. The molecular formula is C13H12N4. The van der Waals surface area contributed by atoms with E-state index in [0.717, 1.165) is 28.0 Å². The van der Waals surface area contributed by atoms with Gasteiger partial charge in [0.15, 0.2) is 0 Å². The fourth-order valence-electron chi connectivity index (χ4n) is 1.96. The monoisotopic (exact) mass is 224 g/mol. The number of nitrogen functional groups attached to an aromatic ring is 1. The standard InChI is InChI=1S/C13H12N4/c1-17-13(6-7-15-17)12-8-10(14)9-4-2-3-5-11(9)16-12/h2-8H,1H3,(H2,14,16).